The van der Waals surface area contributed by atoms with Gasteiger partial charge >= 0.3 is 29.8 Å². The lowest BCUT2D eigenvalue weighted by atomic mass is 9.47. The summed E-state index contributed by atoms with van der Waals surface area (Å²) in [6.07, 6.45) is -2.88. The fourth-order valence-corrected chi connectivity index (χ4v) is 6.82. The normalized spacial score (nSPS) is 28.9. The first-order valence-corrected chi connectivity index (χ1v) is 13.2. The van der Waals surface area contributed by atoms with Crippen molar-refractivity contribution >= 4 is 29.8 Å². The molecule has 41 heavy (non-hydrogen) atoms. The molecule has 0 radical (unpaired) electrons. The molecule has 13 nitrogen and oxygen atoms in total. The number of rotatable bonds is 8. The van der Waals surface area contributed by atoms with Gasteiger partial charge in [-0.25, -0.2) is 14.4 Å². The first kappa shape index (κ1) is 28.4. The lowest BCUT2D eigenvalue weighted by Gasteiger charge is -2.59. The van der Waals surface area contributed by atoms with Gasteiger partial charge in [-0.05, 0) is 56.2 Å². The van der Waals surface area contributed by atoms with E-state index in [1.54, 1.807) is 6.07 Å². The highest BCUT2D eigenvalue weighted by atomic mass is 16.6. The average Bonchev–Trinajstić information content (AvgIpc) is 3.24. The Kier molecular flexibility index (Phi) is 6.96. The summed E-state index contributed by atoms with van der Waals surface area (Å²) in [7, 11) is 0. The highest BCUT2D eigenvalue weighted by Crippen LogP contribution is 2.67. The van der Waals surface area contributed by atoms with E-state index < -0.39 is 65.3 Å². The smallest absolute Gasteiger partial charge is 0.357 e. The monoisotopic (exact) mass is 574 g/mol. The van der Waals surface area contributed by atoms with E-state index in [-0.39, 0.29) is 29.6 Å². The van der Waals surface area contributed by atoms with Gasteiger partial charge in [-0.15, -0.1) is 0 Å². The fourth-order valence-electron chi connectivity index (χ4n) is 6.82. The molecule has 1 saturated carbocycles. The number of ether oxygens (including phenoxy) is 5. The molecule has 1 spiro atoms. The Balaban J connectivity index is 1.50. The van der Waals surface area contributed by atoms with E-state index in [0.29, 0.717) is 18.4 Å². The lowest BCUT2D eigenvalue weighted by molar-refractivity contribution is -0.194. The van der Waals surface area contributed by atoms with Crippen molar-refractivity contribution in [2.24, 2.45) is 5.92 Å². The van der Waals surface area contributed by atoms with Gasteiger partial charge in [-0.3, -0.25) is 9.59 Å². The number of hydrogen-bond donors (Lipinski definition) is 3. The van der Waals surface area contributed by atoms with Crippen LogP contribution in [0.1, 0.15) is 57.6 Å². The summed E-state index contributed by atoms with van der Waals surface area (Å²) in [5, 5.41) is 31.8. The third-order valence-corrected chi connectivity index (χ3v) is 8.45. The lowest BCUT2D eigenvalue weighted by Crippen LogP contribution is -2.67. The summed E-state index contributed by atoms with van der Waals surface area (Å²) in [6.45, 7) is 2.91. The molecule has 1 fully saturated rings. The molecule has 1 aromatic rings. The molecule has 220 valence electrons. The van der Waals surface area contributed by atoms with Crippen LogP contribution < -0.4 is 4.74 Å². The molecule has 4 aliphatic rings. The van der Waals surface area contributed by atoms with Crippen LogP contribution in [0.5, 0.6) is 11.5 Å². The Morgan fingerprint density at radius 3 is 2.32 bits per heavy atom. The predicted octanol–water partition coefficient (Wildman–Crippen LogP) is 1.19. The van der Waals surface area contributed by atoms with Crippen molar-refractivity contribution in [2.75, 3.05) is 0 Å². The van der Waals surface area contributed by atoms with Gasteiger partial charge in [0.05, 0.1) is 11.0 Å². The van der Waals surface area contributed by atoms with Crippen LogP contribution in [-0.2, 0) is 54.8 Å². The van der Waals surface area contributed by atoms with Gasteiger partial charge in [0.1, 0.15) is 5.76 Å². The van der Waals surface area contributed by atoms with Crippen LogP contribution in [0.25, 0.3) is 0 Å². The second-order valence-corrected chi connectivity index (χ2v) is 10.8. The summed E-state index contributed by atoms with van der Waals surface area (Å²) >= 11 is 0. The number of hydrogen-bond acceptors (Lipinski definition) is 12. The molecule has 13 heteroatoms. The van der Waals surface area contributed by atoms with Crippen molar-refractivity contribution in [1.29, 1.82) is 0 Å². The highest BCUT2D eigenvalue weighted by Gasteiger charge is 2.71. The largest absolute Gasteiger partial charge is 0.504 e. The molecule has 2 bridgehead atoms. The maximum atomic E-state index is 13.5. The number of carbonyl (C=O) groups is 5. The molecule has 1 aliphatic heterocycles. The quantitative estimate of drug-likeness (QED) is 0.296. The number of benzene rings is 1. The van der Waals surface area contributed by atoms with Gasteiger partial charge in [0.15, 0.2) is 23.7 Å². The summed E-state index contributed by atoms with van der Waals surface area (Å²) in [5.74, 6) is -6.46. The van der Waals surface area contributed by atoms with Gasteiger partial charge in [0.25, 0.3) is 0 Å². The zero-order valence-electron chi connectivity index (χ0n) is 22.6. The third-order valence-electron chi connectivity index (χ3n) is 8.45. The van der Waals surface area contributed by atoms with Crippen LogP contribution in [0, 0.1) is 5.92 Å². The molecule has 5 rings (SSSR count). The number of phenolic OH excluding ortho intramolecular Hbond substituents is 1. The van der Waals surface area contributed by atoms with E-state index in [9.17, 15) is 34.2 Å². The van der Waals surface area contributed by atoms with Crippen LogP contribution in [-0.4, -0.2) is 75.2 Å². The second-order valence-electron chi connectivity index (χ2n) is 10.8. The van der Waals surface area contributed by atoms with Crippen LogP contribution in [0.2, 0.25) is 0 Å². The number of carboxylic acids is 1. The van der Waals surface area contributed by atoms with Crippen molar-refractivity contribution in [3.8, 4) is 11.5 Å². The third kappa shape index (κ3) is 4.39. The number of carbonyl (C=O) groups excluding carboxylic acids is 4. The fraction of sp³-hybridized carbons (Fsp3) is 0.536. The van der Waals surface area contributed by atoms with Gasteiger partial charge < -0.3 is 39.0 Å². The minimum absolute atomic E-state index is 0.0465. The SMILES string of the molecule is CC(=O)O[C@@H](C(=O)OC1=CC[C@]2(O)[C@H]3CCC[C@]24c2c(ccc(O)c2O[C@H]14)C3)[C@@H](OC(C)=O)C(=O)O[C@@H](C)C(=O)O. The predicted molar refractivity (Wildman–Crippen MR) is 133 cm³/mol. The molecule has 3 aliphatic carbocycles. The molecular formula is C28H30O13. The first-order valence-electron chi connectivity index (χ1n) is 13.2. The highest BCUT2D eigenvalue weighted by molar-refractivity contribution is 5.90. The van der Waals surface area contributed by atoms with E-state index >= 15 is 0 Å². The minimum atomic E-state index is -2.18. The number of aliphatic carboxylic acids is 1. The van der Waals surface area contributed by atoms with Gasteiger partial charge in [0.2, 0.25) is 12.2 Å². The summed E-state index contributed by atoms with van der Waals surface area (Å²) in [6, 6.07) is 3.31. The van der Waals surface area contributed by atoms with E-state index in [4.69, 9.17) is 28.8 Å². The molecular weight excluding hydrogens is 544 g/mol. The Bertz CT molecular complexity index is 1360. The van der Waals surface area contributed by atoms with Crippen molar-refractivity contribution in [1.82, 2.24) is 0 Å². The van der Waals surface area contributed by atoms with Crippen molar-refractivity contribution < 1.29 is 63.0 Å². The zero-order chi connectivity index (χ0) is 29.9. The van der Waals surface area contributed by atoms with Crippen molar-refractivity contribution in [3.63, 3.8) is 0 Å². The molecule has 0 aromatic heterocycles. The molecule has 0 saturated heterocycles. The number of phenols is 1. The average molecular weight is 575 g/mol. The van der Waals surface area contributed by atoms with E-state index in [1.165, 1.54) is 12.1 Å². The van der Waals surface area contributed by atoms with Crippen LogP contribution >= 0.6 is 0 Å². The van der Waals surface area contributed by atoms with E-state index in [0.717, 1.165) is 39.2 Å². The van der Waals surface area contributed by atoms with Crippen molar-refractivity contribution in [2.45, 2.75) is 88.3 Å². The van der Waals surface area contributed by atoms with E-state index in [1.807, 2.05) is 0 Å². The Hall–Kier alpha value is -4.13. The summed E-state index contributed by atoms with van der Waals surface area (Å²) in [4.78, 5) is 61.2. The van der Waals surface area contributed by atoms with Gasteiger partial charge in [-0.2, -0.15) is 0 Å². The molecule has 0 unspecified atom stereocenters. The Morgan fingerprint density at radius 2 is 1.68 bits per heavy atom. The molecule has 1 heterocycles. The number of aliphatic hydroxyl groups is 1. The standard InChI is InChI=1S/C28H30O13/c1-12(24(32)33)37-25(34)21(38-13(2)29)22(39-14(3)30)26(35)40-18-8-10-28(36)16-5-4-9-27(28)19-15(11-16)6-7-17(31)20(19)41-23(18)27/h6-8,12,16,21-23,31,36H,4-5,9-11H2,1-3H3,(H,32,33)/t12-,16-,21+,22+,23+,27+,28-/m0/s1. The maximum Gasteiger partial charge on any atom is 0.357 e. The van der Waals surface area contributed by atoms with Crippen LogP contribution in [0.4, 0.5) is 0 Å². The Morgan fingerprint density at radius 1 is 1.02 bits per heavy atom. The molecule has 0 amide bonds. The van der Waals surface area contributed by atoms with Crippen LogP contribution in [0.3, 0.4) is 0 Å². The first-order chi connectivity index (χ1) is 19.3. The zero-order valence-corrected chi connectivity index (χ0v) is 22.6. The minimum Gasteiger partial charge on any atom is -0.504 e. The topological polar surface area (TPSA) is 192 Å². The second kappa shape index (κ2) is 10.1. The molecule has 3 N–H and O–H groups in total. The number of aromatic hydroxyl groups is 1. The van der Waals surface area contributed by atoms with E-state index in [2.05, 4.69) is 0 Å². The maximum absolute atomic E-state index is 13.5. The molecule has 1 aromatic carbocycles. The van der Waals surface area contributed by atoms with Gasteiger partial charge in [0, 0.05) is 19.4 Å². The van der Waals surface area contributed by atoms with Crippen LogP contribution in [0.15, 0.2) is 24.0 Å². The molecule has 7 atom stereocenters. The number of esters is 4. The van der Waals surface area contributed by atoms with Gasteiger partial charge in [-0.1, -0.05) is 12.5 Å². The number of carboxylic acid groups (broad SMARTS) is 1. The Labute approximate surface area is 234 Å². The van der Waals surface area contributed by atoms with Crippen molar-refractivity contribution in [3.05, 3.63) is 35.1 Å². The summed E-state index contributed by atoms with van der Waals surface area (Å²) < 4.78 is 26.6. The summed E-state index contributed by atoms with van der Waals surface area (Å²) in [5.41, 5.74) is -0.692.